The number of aromatic hydroxyl groups is 4. The molecular weight excluding hydrogens is 372 g/mol. The molecule has 6 heteroatoms. The highest BCUT2D eigenvalue weighted by molar-refractivity contribution is 5.90. The molecule has 1 aromatic heterocycles. The van der Waals surface area contributed by atoms with Crippen LogP contribution in [0.15, 0.2) is 69.9 Å². The highest BCUT2D eigenvalue weighted by Gasteiger charge is 2.23. The van der Waals surface area contributed by atoms with Gasteiger partial charge in [-0.15, -0.1) is 0 Å². The molecule has 4 N–H and O–H groups in total. The van der Waals surface area contributed by atoms with E-state index in [0.29, 0.717) is 16.9 Å². The molecule has 0 saturated carbocycles. The van der Waals surface area contributed by atoms with Crippen LogP contribution in [0.3, 0.4) is 0 Å². The Labute approximate surface area is 165 Å². The van der Waals surface area contributed by atoms with Crippen molar-refractivity contribution in [3.63, 3.8) is 0 Å². The molecule has 0 saturated heterocycles. The van der Waals surface area contributed by atoms with Crippen LogP contribution < -0.4 is 5.43 Å². The molecule has 0 spiro atoms. The quantitative estimate of drug-likeness (QED) is 0.385. The largest absolute Gasteiger partial charge is 0.507 e. The van der Waals surface area contributed by atoms with Crippen LogP contribution in [0, 0.1) is 0 Å². The molecule has 0 radical (unpaired) electrons. The van der Waals surface area contributed by atoms with Crippen LogP contribution >= 0.6 is 0 Å². The molecule has 0 amide bonds. The van der Waals surface area contributed by atoms with Gasteiger partial charge in [0.2, 0.25) is 0 Å². The van der Waals surface area contributed by atoms with E-state index < -0.39 is 11.3 Å². The Morgan fingerprint density at radius 1 is 0.793 bits per heavy atom. The molecule has 1 heterocycles. The SMILES string of the molecule is CC(c1ccc(O)c(O)c1)c1c(O)cc(O)c2c(=O)cc(-c3ccccc3)oc12. The van der Waals surface area contributed by atoms with Crippen LogP contribution in [-0.4, -0.2) is 20.4 Å². The van der Waals surface area contributed by atoms with Gasteiger partial charge in [-0.3, -0.25) is 4.79 Å². The fourth-order valence-electron chi connectivity index (χ4n) is 3.46. The van der Waals surface area contributed by atoms with Crippen LogP contribution in [0.25, 0.3) is 22.3 Å². The first-order chi connectivity index (χ1) is 13.9. The smallest absolute Gasteiger partial charge is 0.197 e. The third-order valence-corrected chi connectivity index (χ3v) is 4.99. The Hall–Kier alpha value is -3.93. The summed E-state index contributed by atoms with van der Waals surface area (Å²) >= 11 is 0. The predicted molar refractivity (Wildman–Crippen MR) is 109 cm³/mol. The fourth-order valence-corrected chi connectivity index (χ4v) is 3.46. The van der Waals surface area contributed by atoms with E-state index in [4.69, 9.17) is 4.42 Å². The normalized spacial score (nSPS) is 12.2. The molecule has 29 heavy (non-hydrogen) atoms. The Bertz CT molecular complexity index is 1270. The summed E-state index contributed by atoms with van der Waals surface area (Å²) in [4.78, 5) is 12.7. The van der Waals surface area contributed by atoms with Crippen LogP contribution in [0.1, 0.15) is 24.0 Å². The molecular formula is C23H18O6. The molecule has 0 bridgehead atoms. The van der Waals surface area contributed by atoms with Gasteiger partial charge in [-0.05, 0) is 17.7 Å². The lowest BCUT2D eigenvalue weighted by Crippen LogP contribution is -2.05. The van der Waals surface area contributed by atoms with E-state index in [9.17, 15) is 25.2 Å². The molecule has 0 fully saturated rings. The third-order valence-electron chi connectivity index (χ3n) is 4.99. The van der Waals surface area contributed by atoms with E-state index >= 15 is 0 Å². The molecule has 1 unspecified atom stereocenters. The van der Waals surface area contributed by atoms with Crippen molar-refractivity contribution in [2.75, 3.05) is 0 Å². The summed E-state index contributed by atoms with van der Waals surface area (Å²) in [7, 11) is 0. The summed E-state index contributed by atoms with van der Waals surface area (Å²) in [5, 5.41) is 40.2. The van der Waals surface area contributed by atoms with Crippen LogP contribution in [0.5, 0.6) is 23.0 Å². The Balaban J connectivity index is 2.01. The number of rotatable bonds is 3. The van der Waals surface area contributed by atoms with Crippen molar-refractivity contribution in [1.29, 1.82) is 0 Å². The highest BCUT2D eigenvalue weighted by atomic mass is 16.3. The van der Waals surface area contributed by atoms with Gasteiger partial charge in [0.1, 0.15) is 28.2 Å². The highest BCUT2D eigenvalue weighted by Crippen LogP contribution is 2.42. The van der Waals surface area contributed by atoms with Gasteiger partial charge in [-0.1, -0.05) is 43.3 Å². The van der Waals surface area contributed by atoms with Crippen molar-refractivity contribution in [3.05, 3.63) is 82.0 Å². The zero-order chi connectivity index (χ0) is 20.7. The first kappa shape index (κ1) is 18.4. The summed E-state index contributed by atoms with van der Waals surface area (Å²) in [5.74, 6) is -1.41. The van der Waals surface area contributed by atoms with Gasteiger partial charge in [0.25, 0.3) is 0 Å². The van der Waals surface area contributed by atoms with Gasteiger partial charge < -0.3 is 24.8 Å². The molecule has 3 aromatic carbocycles. The van der Waals surface area contributed by atoms with Gasteiger partial charge >= 0.3 is 0 Å². The van der Waals surface area contributed by atoms with Gasteiger partial charge in [0.15, 0.2) is 16.9 Å². The van der Waals surface area contributed by atoms with Crippen LogP contribution in [-0.2, 0) is 0 Å². The summed E-state index contributed by atoms with van der Waals surface area (Å²) in [6.07, 6.45) is 0. The molecule has 0 aliphatic rings. The lowest BCUT2D eigenvalue weighted by Gasteiger charge is -2.17. The second-order valence-corrected chi connectivity index (χ2v) is 6.84. The predicted octanol–water partition coefficient (Wildman–Crippen LogP) is 4.43. The zero-order valence-corrected chi connectivity index (χ0v) is 15.5. The van der Waals surface area contributed by atoms with Gasteiger partial charge in [-0.25, -0.2) is 0 Å². The number of hydrogen-bond donors (Lipinski definition) is 4. The van der Waals surface area contributed by atoms with E-state index in [-0.39, 0.29) is 39.5 Å². The first-order valence-corrected chi connectivity index (χ1v) is 8.96. The van der Waals surface area contributed by atoms with Crippen LogP contribution in [0.4, 0.5) is 0 Å². The van der Waals surface area contributed by atoms with Crippen molar-refractivity contribution < 1.29 is 24.8 Å². The summed E-state index contributed by atoms with van der Waals surface area (Å²) < 4.78 is 5.99. The van der Waals surface area contributed by atoms with Crippen molar-refractivity contribution >= 4 is 11.0 Å². The van der Waals surface area contributed by atoms with Crippen molar-refractivity contribution in [3.8, 4) is 34.3 Å². The Morgan fingerprint density at radius 3 is 2.21 bits per heavy atom. The van der Waals surface area contributed by atoms with E-state index in [1.165, 1.54) is 18.2 Å². The molecule has 146 valence electrons. The van der Waals surface area contributed by atoms with Gasteiger partial charge in [-0.2, -0.15) is 0 Å². The number of hydrogen-bond acceptors (Lipinski definition) is 6. The third kappa shape index (κ3) is 3.14. The number of phenolic OH excluding ortho intramolecular Hbond substituents is 4. The van der Waals surface area contributed by atoms with Gasteiger partial charge in [0, 0.05) is 29.2 Å². The Morgan fingerprint density at radius 2 is 1.52 bits per heavy atom. The molecule has 0 aliphatic heterocycles. The maximum Gasteiger partial charge on any atom is 0.197 e. The Kier molecular flexibility index (Phi) is 4.39. The maximum absolute atomic E-state index is 12.7. The van der Waals surface area contributed by atoms with E-state index in [0.717, 1.165) is 6.07 Å². The molecule has 4 rings (SSSR count). The maximum atomic E-state index is 12.7. The molecule has 4 aromatic rings. The standard InChI is InChI=1S/C23H18O6/c1-12(14-7-8-15(24)16(25)9-14)21-17(26)10-18(27)22-19(28)11-20(29-23(21)22)13-5-3-2-4-6-13/h2-12,24-27H,1H3. The fraction of sp³-hybridized carbons (Fsp3) is 0.0870. The second kappa shape index (κ2) is 6.91. The average molecular weight is 390 g/mol. The minimum absolute atomic E-state index is 0.0349. The van der Waals surface area contributed by atoms with E-state index in [1.807, 2.05) is 18.2 Å². The molecule has 6 nitrogen and oxygen atoms in total. The zero-order valence-electron chi connectivity index (χ0n) is 15.5. The van der Waals surface area contributed by atoms with E-state index in [2.05, 4.69) is 0 Å². The number of phenols is 4. The monoisotopic (exact) mass is 390 g/mol. The average Bonchev–Trinajstić information content (AvgIpc) is 2.70. The van der Waals surface area contributed by atoms with Crippen LogP contribution in [0.2, 0.25) is 0 Å². The van der Waals surface area contributed by atoms with E-state index in [1.54, 1.807) is 25.1 Å². The second-order valence-electron chi connectivity index (χ2n) is 6.84. The summed E-state index contributed by atoms with van der Waals surface area (Å²) in [6.45, 7) is 1.76. The number of fused-ring (bicyclic) bond motifs is 1. The number of benzene rings is 3. The molecule has 1 atom stereocenters. The summed E-state index contributed by atoms with van der Waals surface area (Å²) in [6, 6.07) is 15.7. The van der Waals surface area contributed by atoms with Crippen molar-refractivity contribution in [1.82, 2.24) is 0 Å². The van der Waals surface area contributed by atoms with Gasteiger partial charge in [0.05, 0.1) is 0 Å². The first-order valence-electron chi connectivity index (χ1n) is 8.96. The lowest BCUT2D eigenvalue weighted by molar-refractivity contribution is 0.403. The lowest BCUT2D eigenvalue weighted by atomic mass is 9.90. The van der Waals surface area contributed by atoms with Crippen molar-refractivity contribution in [2.45, 2.75) is 12.8 Å². The summed E-state index contributed by atoms with van der Waals surface area (Å²) in [5.41, 5.74) is 1.17. The topological polar surface area (TPSA) is 111 Å². The molecule has 0 aliphatic carbocycles. The minimum Gasteiger partial charge on any atom is -0.507 e. The van der Waals surface area contributed by atoms with Crippen molar-refractivity contribution in [2.24, 2.45) is 0 Å². The minimum atomic E-state index is -0.515.